The van der Waals surface area contributed by atoms with Crippen LogP contribution in [0.4, 0.5) is 0 Å². The minimum Gasteiger partial charge on any atom is -0.491 e. The van der Waals surface area contributed by atoms with Gasteiger partial charge in [-0.25, -0.2) is 4.79 Å². The highest BCUT2D eigenvalue weighted by molar-refractivity contribution is 6.02. The van der Waals surface area contributed by atoms with Crippen LogP contribution in [0.25, 0.3) is 22.0 Å². The monoisotopic (exact) mass is 546 g/mol. The maximum Gasteiger partial charge on any atom is 0.337 e. The number of nitrogens with zero attached hydrogens (tertiary/aromatic N) is 1. The predicted molar refractivity (Wildman–Crippen MR) is 161 cm³/mol. The van der Waals surface area contributed by atoms with E-state index in [9.17, 15) is 9.90 Å². The molecule has 3 fully saturated rings. The first kappa shape index (κ1) is 25.2. The van der Waals surface area contributed by atoms with Crippen LogP contribution >= 0.6 is 0 Å². The van der Waals surface area contributed by atoms with Crippen molar-refractivity contribution < 1.29 is 14.6 Å². The van der Waals surface area contributed by atoms with Gasteiger partial charge in [-0.3, -0.25) is 0 Å². The topological polar surface area (TPSA) is 77.5 Å². The number of benzene rings is 3. The third-order valence-corrected chi connectivity index (χ3v) is 11.2. The molecular formula is C36H38N2O3. The average molecular weight is 547 g/mol. The Labute approximate surface area is 241 Å². The summed E-state index contributed by atoms with van der Waals surface area (Å²) in [6.07, 6.45) is 12.7. The minimum absolute atomic E-state index is 0.0775. The Bertz CT molecular complexity index is 1660. The van der Waals surface area contributed by atoms with E-state index in [0.29, 0.717) is 23.5 Å². The van der Waals surface area contributed by atoms with Crippen LogP contribution in [0, 0.1) is 17.3 Å². The van der Waals surface area contributed by atoms with Gasteiger partial charge >= 0.3 is 5.97 Å². The van der Waals surface area contributed by atoms with Gasteiger partial charge in [-0.05, 0) is 115 Å². The van der Waals surface area contributed by atoms with Crippen molar-refractivity contribution in [2.45, 2.75) is 69.9 Å². The van der Waals surface area contributed by atoms with Gasteiger partial charge in [0.2, 0.25) is 0 Å². The SMILES string of the molecule is NC1COc2ccc(-c3cc(CCn4ccc5cccc(C(=O)O)c54)cc(C4CCC4C4CCC45CCC5)c3)cc21. The van der Waals surface area contributed by atoms with E-state index in [-0.39, 0.29) is 6.04 Å². The number of aromatic nitrogens is 1. The third-order valence-electron chi connectivity index (χ3n) is 11.2. The molecule has 0 radical (unpaired) electrons. The number of hydrogen-bond donors (Lipinski definition) is 2. The molecule has 8 rings (SSSR count). The van der Waals surface area contributed by atoms with E-state index in [4.69, 9.17) is 10.5 Å². The van der Waals surface area contributed by atoms with Gasteiger partial charge in [0, 0.05) is 23.7 Å². The number of carbonyl (C=O) groups is 1. The lowest BCUT2D eigenvalue weighted by molar-refractivity contribution is -0.105. The van der Waals surface area contributed by atoms with Gasteiger partial charge in [-0.1, -0.05) is 42.8 Å². The van der Waals surface area contributed by atoms with Crippen LogP contribution in [0.1, 0.15) is 84.0 Å². The number of nitrogens with two attached hydrogens (primary N) is 1. The highest BCUT2D eigenvalue weighted by Crippen LogP contribution is 2.67. The summed E-state index contributed by atoms with van der Waals surface area (Å²) in [5, 5.41) is 10.8. The van der Waals surface area contributed by atoms with Crippen LogP contribution in [0.15, 0.2) is 66.9 Å². The van der Waals surface area contributed by atoms with Crippen molar-refractivity contribution in [1.29, 1.82) is 0 Å². The molecule has 5 heteroatoms. The second kappa shape index (κ2) is 9.49. The third kappa shape index (κ3) is 4.04. The number of ether oxygens (including phenoxy) is 1. The predicted octanol–water partition coefficient (Wildman–Crippen LogP) is 7.72. The van der Waals surface area contributed by atoms with Crippen LogP contribution < -0.4 is 10.5 Å². The molecule has 1 spiro atoms. The normalized spacial score (nSPS) is 25.7. The van der Waals surface area contributed by atoms with Gasteiger partial charge in [0.25, 0.3) is 0 Å². The van der Waals surface area contributed by atoms with E-state index in [2.05, 4.69) is 41.0 Å². The highest BCUT2D eigenvalue weighted by atomic mass is 16.5. The molecule has 3 N–H and O–H groups in total. The number of aromatic carboxylic acids is 1. The Hall–Kier alpha value is -3.57. The molecule has 5 nitrogen and oxygen atoms in total. The molecule has 0 saturated heterocycles. The van der Waals surface area contributed by atoms with Gasteiger partial charge in [-0.15, -0.1) is 0 Å². The molecule has 4 aromatic rings. The van der Waals surface area contributed by atoms with E-state index in [1.165, 1.54) is 67.2 Å². The molecule has 0 bridgehead atoms. The zero-order valence-corrected chi connectivity index (χ0v) is 23.5. The van der Waals surface area contributed by atoms with Crippen molar-refractivity contribution in [2.75, 3.05) is 6.61 Å². The number of fused-ring (bicyclic) bond motifs is 2. The summed E-state index contributed by atoms with van der Waals surface area (Å²) in [6.45, 7) is 1.28. The molecule has 210 valence electrons. The van der Waals surface area contributed by atoms with Crippen LogP contribution in [0.2, 0.25) is 0 Å². The highest BCUT2D eigenvalue weighted by Gasteiger charge is 2.56. The summed E-state index contributed by atoms with van der Waals surface area (Å²) in [6, 6.07) is 21.2. The van der Waals surface area contributed by atoms with Crippen molar-refractivity contribution in [3.8, 4) is 16.9 Å². The summed E-state index contributed by atoms with van der Waals surface area (Å²) in [4.78, 5) is 12.0. The lowest BCUT2D eigenvalue weighted by Gasteiger charge is -2.62. The first-order chi connectivity index (χ1) is 20.0. The molecule has 3 saturated carbocycles. The summed E-state index contributed by atoms with van der Waals surface area (Å²) in [5.74, 6) is 2.40. The zero-order chi connectivity index (χ0) is 27.7. The Morgan fingerprint density at radius 2 is 1.90 bits per heavy atom. The van der Waals surface area contributed by atoms with Crippen LogP contribution in [0.5, 0.6) is 5.75 Å². The fraction of sp³-hybridized carbons (Fsp3) is 0.417. The molecule has 4 unspecified atom stereocenters. The summed E-state index contributed by atoms with van der Waals surface area (Å²) in [7, 11) is 0. The van der Waals surface area contributed by atoms with Crippen molar-refractivity contribution in [1.82, 2.24) is 4.57 Å². The number of para-hydroxylation sites is 1. The molecule has 4 aliphatic rings. The molecule has 0 amide bonds. The van der Waals surface area contributed by atoms with E-state index in [1.807, 2.05) is 24.4 Å². The van der Waals surface area contributed by atoms with Gasteiger partial charge in [0.05, 0.1) is 17.1 Å². The number of carboxylic acid groups (broad SMARTS) is 1. The van der Waals surface area contributed by atoms with Crippen molar-refractivity contribution in [3.05, 3.63) is 89.1 Å². The summed E-state index contributed by atoms with van der Waals surface area (Å²) < 4.78 is 7.89. The molecule has 3 aliphatic carbocycles. The molecular weight excluding hydrogens is 508 g/mol. The maximum absolute atomic E-state index is 12.0. The maximum atomic E-state index is 12.0. The molecule has 4 atom stereocenters. The number of hydrogen-bond acceptors (Lipinski definition) is 3. The standard InChI is InChI=1S/C36H38N2O3/c37-32-21-41-33-8-5-24(20-30(32)33)25-17-22(10-15-38-16-11-23-3-1-4-29(34(23)38)35(39)40)18-26(19-25)27-6-7-28(27)31-9-14-36(31)12-2-13-36/h1,3-5,8,11,16-20,27-28,31-32H,2,6-7,9-10,12-15,21,37H2,(H,39,40). The lowest BCUT2D eigenvalue weighted by Crippen LogP contribution is -2.52. The molecule has 41 heavy (non-hydrogen) atoms. The molecule has 1 aliphatic heterocycles. The second-order valence-electron chi connectivity index (χ2n) is 13.1. The van der Waals surface area contributed by atoms with E-state index in [1.54, 1.807) is 6.07 Å². The summed E-state index contributed by atoms with van der Waals surface area (Å²) in [5.41, 5.74) is 14.5. The Morgan fingerprint density at radius 1 is 1.00 bits per heavy atom. The van der Waals surface area contributed by atoms with Crippen LogP contribution in [-0.4, -0.2) is 22.2 Å². The Balaban J connectivity index is 1.14. The van der Waals surface area contributed by atoms with Crippen molar-refractivity contribution in [2.24, 2.45) is 23.0 Å². The first-order valence-corrected chi connectivity index (χ1v) is 15.5. The minimum atomic E-state index is -0.880. The van der Waals surface area contributed by atoms with Crippen LogP contribution in [0.3, 0.4) is 0 Å². The zero-order valence-electron chi connectivity index (χ0n) is 23.5. The van der Waals surface area contributed by atoms with Gasteiger partial charge < -0.3 is 20.1 Å². The van der Waals surface area contributed by atoms with Gasteiger partial charge in [-0.2, -0.15) is 0 Å². The smallest absolute Gasteiger partial charge is 0.337 e. The van der Waals surface area contributed by atoms with Crippen LogP contribution in [-0.2, 0) is 13.0 Å². The average Bonchev–Trinajstić information content (AvgIpc) is 3.51. The number of aryl methyl sites for hydroxylation is 2. The van der Waals surface area contributed by atoms with Gasteiger partial charge in [0.1, 0.15) is 12.4 Å². The summed E-state index contributed by atoms with van der Waals surface area (Å²) >= 11 is 0. The van der Waals surface area contributed by atoms with E-state index in [0.717, 1.165) is 47.0 Å². The first-order valence-electron chi connectivity index (χ1n) is 15.5. The quantitative estimate of drug-likeness (QED) is 0.249. The largest absolute Gasteiger partial charge is 0.491 e. The van der Waals surface area contributed by atoms with E-state index < -0.39 is 5.97 Å². The fourth-order valence-corrected chi connectivity index (χ4v) is 8.59. The molecule has 2 heterocycles. The number of carboxylic acids is 1. The number of rotatable bonds is 7. The molecule has 3 aromatic carbocycles. The fourth-order valence-electron chi connectivity index (χ4n) is 8.59. The van der Waals surface area contributed by atoms with Crippen molar-refractivity contribution >= 4 is 16.9 Å². The Morgan fingerprint density at radius 3 is 2.63 bits per heavy atom. The lowest BCUT2D eigenvalue weighted by atomic mass is 9.43. The molecule has 1 aromatic heterocycles. The van der Waals surface area contributed by atoms with Gasteiger partial charge in [0.15, 0.2) is 0 Å². The van der Waals surface area contributed by atoms with E-state index >= 15 is 0 Å². The Kier molecular flexibility index (Phi) is 5.82. The van der Waals surface area contributed by atoms with Crippen molar-refractivity contribution in [3.63, 3.8) is 0 Å². The second-order valence-corrected chi connectivity index (χ2v) is 13.1.